The molecule has 0 aromatic heterocycles. The number of ether oxygens (including phenoxy) is 1. The minimum atomic E-state index is -4.65. The second-order valence-electron chi connectivity index (χ2n) is 9.16. The zero-order valence-electron chi connectivity index (χ0n) is 22.9. The molecule has 0 saturated heterocycles. The lowest BCUT2D eigenvalue weighted by Crippen LogP contribution is -2.20. The Morgan fingerprint density at radius 2 is 1.47 bits per heavy atom. The molecule has 2 amide bonds. The van der Waals surface area contributed by atoms with E-state index in [9.17, 15) is 31.1 Å². The molecule has 8 nitrogen and oxygen atoms in total. The maximum Gasteiger partial charge on any atom is 0.418 e. The number of urea groups is 1. The summed E-state index contributed by atoms with van der Waals surface area (Å²) in [6.45, 7) is 0.818. The fraction of sp³-hybridized carbons (Fsp3) is 0.321. The third kappa shape index (κ3) is 9.95. The van der Waals surface area contributed by atoms with E-state index < -0.39 is 29.5 Å². The highest BCUT2D eigenvalue weighted by atomic mass is 32.2. The molecule has 15 heteroatoms. The summed E-state index contributed by atoms with van der Waals surface area (Å²) >= 11 is 0.962. The van der Waals surface area contributed by atoms with Gasteiger partial charge in [0.1, 0.15) is 11.5 Å². The van der Waals surface area contributed by atoms with E-state index in [1.165, 1.54) is 36.4 Å². The van der Waals surface area contributed by atoms with Gasteiger partial charge in [0.15, 0.2) is 0 Å². The van der Waals surface area contributed by atoms with E-state index in [1.54, 1.807) is 6.07 Å². The van der Waals surface area contributed by atoms with Gasteiger partial charge in [-0.1, -0.05) is 0 Å². The van der Waals surface area contributed by atoms with Crippen LogP contribution in [-0.4, -0.2) is 38.0 Å². The molecule has 0 fully saturated rings. The second kappa shape index (κ2) is 15.2. The van der Waals surface area contributed by atoms with Crippen LogP contribution in [0.4, 0.5) is 48.2 Å². The summed E-state index contributed by atoms with van der Waals surface area (Å²) in [6, 6.07) is 10.6. The molecule has 0 bridgehead atoms. The number of aryl methyl sites for hydroxylation is 1. The molecule has 3 aromatic rings. The van der Waals surface area contributed by atoms with E-state index in [0.29, 0.717) is 30.7 Å². The summed E-state index contributed by atoms with van der Waals surface area (Å²) in [6.07, 6.45) is -8.40. The Bertz CT molecular complexity index is 1390. The Labute approximate surface area is 248 Å². The average Bonchev–Trinajstić information content (AvgIpc) is 2.94. The van der Waals surface area contributed by atoms with Gasteiger partial charge in [-0.2, -0.15) is 26.3 Å². The van der Waals surface area contributed by atoms with Crippen LogP contribution in [0.1, 0.15) is 23.1 Å². The third-order valence-electron chi connectivity index (χ3n) is 5.87. The molecule has 0 saturated carbocycles. The quantitative estimate of drug-likeness (QED) is 0.0939. The summed E-state index contributed by atoms with van der Waals surface area (Å²) in [5.41, 5.74) is 15.2. The Kier molecular flexibility index (Phi) is 11.9. The SMILES string of the molecule is NCCCc1cc(NC(=O)Nc2ccc(SCCN)c(C(F)(F)F)c2)ccc1Oc1ccc(NCCN)c(C(F)(F)F)c1. The van der Waals surface area contributed by atoms with Gasteiger partial charge >= 0.3 is 18.4 Å². The predicted molar refractivity (Wildman–Crippen MR) is 157 cm³/mol. The first-order valence-electron chi connectivity index (χ1n) is 13.1. The molecule has 0 unspecified atom stereocenters. The molecule has 9 N–H and O–H groups in total. The highest BCUT2D eigenvalue weighted by Gasteiger charge is 2.35. The molecule has 3 aromatic carbocycles. The maximum atomic E-state index is 13.7. The van der Waals surface area contributed by atoms with Crippen LogP contribution in [0.25, 0.3) is 0 Å². The van der Waals surface area contributed by atoms with Crippen LogP contribution in [0.15, 0.2) is 59.5 Å². The molecule has 0 heterocycles. The van der Waals surface area contributed by atoms with Gasteiger partial charge in [0.25, 0.3) is 0 Å². The smallest absolute Gasteiger partial charge is 0.418 e. The number of anilines is 3. The molecule has 0 aliphatic rings. The summed E-state index contributed by atoms with van der Waals surface area (Å²) in [5, 5.41) is 7.58. The number of nitrogens with two attached hydrogens (primary N) is 3. The van der Waals surface area contributed by atoms with Gasteiger partial charge in [-0.3, -0.25) is 0 Å². The molecule has 3 rings (SSSR count). The molecule has 234 valence electrons. The number of alkyl halides is 6. The van der Waals surface area contributed by atoms with Gasteiger partial charge in [-0.25, -0.2) is 4.79 Å². The lowest BCUT2D eigenvalue weighted by molar-refractivity contribution is -0.139. The fourth-order valence-corrected chi connectivity index (χ4v) is 4.80. The van der Waals surface area contributed by atoms with Crippen molar-refractivity contribution in [1.29, 1.82) is 0 Å². The van der Waals surface area contributed by atoms with E-state index in [1.807, 2.05) is 0 Å². The molecule has 43 heavy (non-hydrogen) atoms. The van der Waals surface area contributed by atoms with Crippen LogP contribution < -0.4 is 37.9 Å². The van der Waals surface area contributed by atoms with E-state index in [-0.39, 0.29) is 53.1 Å². The molecule has 0 radical (unpaired) electrons. The number of benzene rings is 3. The highest BCUT2D eigenvalue weighted by Crippen LogP contribution is 2.40. The van der Waals surface area contributed by atoms with Gasteiger partial charge < -0.3 is 37.9 Å². The lowest BCUT2D eigenvalue weighted by atomic mass is 10.1. The van der Waals surface area contributed by atoms with E-state index in [2.05, 4.69) is 16.0 Å². The van der Waals surface area contributed by atoms with Crippen molar-refractivity contribution in [3.05, 3.63) is 71.3 Å². The first kappa shape index (κ1) is 33.8. The molecule has 0 atom stereocenters. The predicted octanol–water partition coefficient (Wildman–Crippen LogP) is 6.47. The maximum absolute atomic E-state index is 13.7. The number of nitrogens with one attached hydrogen (secondary N) is 3. The van der Waals surface area contributed by atoms with E-state index in [0.717, 1.165) is 23.9 Å². The van der Waals surface area contributed by atoms with Crippen molar-refractivity contribution in [2.45, 2.75) is 30.1 Å². The Morgan fingerprint density at radius 1 is 0.791 bits per heavy atom. The van der Waals surface area contributed by atoms with Crippen LogP contribution in [0, 0.1) is 0 Å². The standard InChI is InChI=1S/C28H32F6N6O2S/c29-27(30,31)21-16-20(5-6-23(21)38-12-10-36)42-24-7-3-18(14-17(24)2-1-9-35)39-26(41)40-19-4-8-25(43-13-11-37)22(15-19)28(32,33)34/h3-8,14-16,38H,1-2,9-13,35-37H2,(H2,39,40,41). The average molecular weight is 631 g/mol. The molecular weight excluding hydrogens is 598 g/mol. The monoisotopic (exact) mass is 630 g/mol. The van der Waals surface area contributed by atoms with E-state index >= 15 is 0 Å². The van der Waals surface area contributed by atoms with Crippen LogP contribution in [0.2, 0.25) is 0 Å². The molecule has 0 aliphatic carbocycles. The van der Waals surface area contributed by atoms with Gasteiger partial charge in [-0.15, -0.1) is 11.8 Å². The van der Waals surface area contributed by atoms with Crippen molar-refractivity contribution in [3.63, 3.8) is 0 Å². The van der Waals surface area contributed by atoms with Crippen molar-refractivity contribution in [1.82, 2.24) is 0 Å². The van der Waals surface area contributed by atoms with Crippen LogP contribution in [-0.2, 0) is 18.8 Å². The van der Waals surface area contributed by atoms with Crippen LogP contribution >= 0.6 is 11.8 Å². The number of thioether (sulfide) groups is 1. The summed E-state index contributed by atoms with van der Waals surface area (Å²) in [5.74, 6) is 0.478. The highest BCUT2D eigenvalue weighted by molar-refractivity contribution is 7.99. The van der Waals surface area contributed by atoms with Crippen LogP contribution in [0.5, 0.6) is 11.5 Å². The third-order valence-corrected chi connectivity index (χ3v) is 6.98. The Balaban J connectivity index is 1.80. The first-order chi connectivity index (χ1) is 20.3. The number of hydrogen-bond acceptors (Lipinski definition) is 7. The zero-order valence-corrected chi connectivity index (χ0v) is 23.7. The Hall–Kier alpha value is -3.66. The zero-order chi connectivity index (χ0) is 31.6. The van der Waals surface area contributed by atoms with Gasteiger partial charge in [0, 0.05) is 47.3 Å². The fourth-order valence-electron chi connectivity index (χ4n) is 3.97. The van der Waals surface area contributed by atoms with Crippen molar-refractivity contribution in [2.75, 3.05) is 47.9 Å². The largest absolute Gasteiger partial charge is 0.457 e. The van der Waals surface area contributed by atoms with Crippen molar-refractivity contribution in [3.8, 4) is 11.5 Å². The van der Waals surface area contributed by atoms with Gasteiger partial charge in [-0.05, 0) is 79.5 Å². The van der Waals surface area contributed by atoms with Crippen molar-refractivity contribution < 1.29 is 35.9 Å². The van der Waals surface area contributed by atoms with Gasteiger partial charge in [0.05, 0.1) is 11.1 Å². The molecule has 0 aliphatic heterocycles. The van der Waals surface area contributed by atoms with Gasteiger partial charge in [0.2, 0.25) is 0 Å². The number of halogens is 6. The topological polar surface area (TPSA) is 140 Å². The number of amides is 2. The second-order valence-corrected chi connectivity index (χ2v) is 10.3. The van der Waals surface area contributed by atoms with Crippen LogP contribution in [0.3, 0.4) is 0 Å². The number of hydrogen-bond donors (Lipinski definition) is 6. The summed E-state index contributed by atoms with van der Waals surface area (Å²) in [4.78, 5) is 12.6. The Morgan fingerprint density at radius 3 is 2.09 bits per heavy atom. The molecular formula is C28H32F6N6O2S. The number of carbonyl (C=O) groups is 1. The van der Waals surface area contributed by atoms with E-state index in [4.69, 9.17) is 21.9 Å². The normalized spacial score (nSPS) is 11.7. The minimum Gasteiger partial charge on any atom is -0.457 e. The lowest BCUT2D eigenvalue weighted by Gasteiger charge is -2.18. The summed E-state index contributed by atoms with van der Waals surface area (Å²) in [7, 11) is 0. The number of carbonyl (C=O) groups excluding carboxylic acids is 1. The molecule has 0 spiro atoms. The van der Waals surface area contributed by atoms with Crippen molar-refractivity contribution >= 4 is 34.9 Å². The van der Waals surface area contributed by atoms with Crippen molar-refractivity contribution in [2.24, 2.45) is 17.2 Å². The minimum absolute atomic E-state index is 0.00661. The summed E-state index contributed by atoms with van der Waals surface area (Å²) < 4.78 is 87.5. The number of rotatable bonds is 13. The first-order valence-corrected chi connectivity index (χ1v) is 14.1.